The molecule has 1 aromatic rings. The molecule has 1 heterocycles. The predicted molar refractivity (Wildman–Crippen MR) is 115 cm³/mol. The van der Waals surface area contributed by atoms with Gasteiger partial charge in [-0.3, -0.25) is 0 Å². The van der Waals surface area contributed by atoms with Crippen molar-refractivity contribution in [1.82, 2.24) is 5.01 Å². The molecule has 1 unspecified atom stereocenters. The summed E-state index contributed by atoms with van der Waals surface area (Å²) >= 11 is 0. The van der Waals surface area contributed by atoms with E-state index in [-0.39, 0.29) is 11.7 Å². The molecule has 1 saturated carbocycles. The van der Waals surface area contributed by atoms with Crippen LogP contribution in [0.3, 0.4) is 0 Å². The van der Waals surface area contributed by atoms with Crippen LogP contribution in [0, 0.1) is 18.7 Å². The van der Waals surface area contributed by atoms with Crippen LogP contribution < -0.4 is 5.73 Å². The smallest absolute Gasteiger partial charge is 0.137 e. The number of rotatable bonds is 6. The van der Waals surface area contributed by atoms with Gasteiger partial charge in [0.15, 0.2) is 0 Å². The molecule has 1 aliphatic carbocycles. The zero-order valence-electron chi connectivity index (χ0n) is 17.5. The Balaban J connectivity index is 2.15. The van der Waals surface area contributed by atoms with Gasteiger partial charge in [0.05, 0.1) is 0 Å². The fourth-order valence-electron chi connectivity index (χ4n) is 3.88. The number of benzene rings is 1. The summed E-state index contributed by atoms with van der Waals surface area (Å²) in [7, 11) is 0. The molecule has 150 valence electrons. The summed E-state index contributed by atoms with van der Waals surface area (Å²) < 4.78 is 15.1. The van der Waals surface area contributed by atoms with Crippen molar-refractivity contribution in [1.29, 1.82) is 0 Å². The molecule has 0 saturated heterocycles. The van der Waals surface area contributed by atoms with E-state index in [1.165, 1.54) is 6.20 Å². The summed E-state index contributed by atoms with van der Waals surface area (Å²) in [6.45, 7) is 10.3. The summed E-state index contributed by atoms with van der Waals surface area (Å²) in [4.78, 5) is 4.79. The summed E-state index contributed by atoms with van der Waals surface area (Å²) in [6, 6.07) is 2.00. The largest absolute Gasteiger partial charge is 0.403 e. The van der Waals surface area contributed by atoms with E-state index in [9.17, 15) is 0 Å². The summed E-state index contributed by atoms with van der Waals surface area (Å²) in [5.74, 6) is 1.53. The van der Waals surface area contributed by atoms with Crippen molar-refractivity contribution in [2.75, 3.05) is 0 Å². The van der Waals surface area contributed by atoms with Crippen LogP contribution in [-0.2, 0) is 6.42 Å². The lowest BCUT2D eigenvalue weighted by Crippen LogP contribution is -2.27. The number of amidine groups is 1. The Morgan fingerprint density at radius 3 is 2.61 bits per heavy atom. The van der Waals surface area contributed by atoms with Crippen LogP contribution in [0.1, 0.15) is 74.6 Å². The molecular weight excluding hydrogens is 351 g/mol. The topological polar surface area (TPSA) is 54.0 Å². The van der Waals surface area contributed by atoms with Crippen molar-refractivity contribution in [2.24, 2.45) is 21.7 Å². The normalized spacial score (nSPS) is 18.5. The molecule has 0 amide bonds. The molecule has 1 aliphatic heterocycles. The molecular formula is C23H31FN4. The Bertz CT molecular complexity index is 860. The summed E-state index contributed by atoms with van der Waals surface area (Å²) in [5.41, 5.74) is 10.5. The first-order chi connectivity index (χ1) is 13.3. The third kappa shape index (κ3) is 4.18. The minimum Gasteiger partial charge on any atom is -0.403 e. The standard InChI is InChI=1S/C23H31FN4/c1-14(2)12-20-19(13-15(3)22(24)21(20)18-6-7-18)17(5)23-27-16(4)8-10-26-28(23)11-9-25/h8-11,13-14,17-18H,6-7,12,25H2,1-5H3/b11-9-. The predicted octanol–water partition coefficient (Wildman–Crippen LogP) is 5.35. The maximum Gasteiger partial charge on any atom is 0.137 e. The molecule has 1 aromatic carbocycles. The Hall–Kier alpha value is -2.43. The average Bonchev–Trinajstić information content (AvgIpc) is 3.46. The molecule has 4 nitrogen and oxygen atoms in total. The van der Waals surface area contributed by atoms with Crippen molar-refractivity contribution >= 4 is 12.1 Å². The quantitative estimate of drug-likeness (QED) is 0.721. The Labute approximate surface area is 167 Å². The fraction of sp³-hybridized carbons (Fsp3) is 0.478. The van der Waals surface area contributed by atoms with Crippen molar-refractivity contribution in [2.45, 2.75) is 65.7 Å². The second-order valence-electron chi connectivity index (χ2n) is 8.31. The molecule has 2 aliphatic rings. The van der Waals surface area contributed by atoms with E-state index in [2.05, 4.69) is 25.9 Å². The zero-order chi connectivity index (χ0) is 20.4. The highest BCUT2D eigenvalue weighted by Crippen LogP contribution is 2.46. The highest BCUT2D eigenvalue weighted by molar-refractivity contribution is 5.92. The number of hydrogen-bond acceptors (Lipinski definition) is 4. The molecule has 5 heteroatoms. The van der Waals surface area contributed by atoms with E-state index in [1.54, 1.807) is 17.4 Å². The van der Waals surface area contributed by atoms with Crippen molar-refractivity contribution in [3.63, 3.8) is 0 Å². The van der Waals surface area contributed by atoms with Crippen molar-refractivity contribution < 1.29 is 4.39 Å². The zero-order valence-corrected chi connectivity index (χ0v) is 17.5. The first kappa shape index (κ1) is 20.3. The van der Waals surface area contributed by atoms with Gasteiger partial charge in [-0.15, -0.1) is 0 Å². The van der Waals surface area contributed by atoms with Gasteiger partial charge in [-0.2, -0.15) is 5.10 Å². The Morgan fingerprint density at radius 2 is 2.00 bits per heavy atom. The molecule has 0 radical (unpaired) electrons. The van der Waals surface area contributed by atoms with Gasteiger partial charge in [0.2, 0.25) is 0 Å². The van der Waals surface area contributed by atoms with Crippen LogP contribution in [0.25, 0.3) is 0 Å². The van der Waals surface area contributed by atoms with Gasteiger partial charge in [0, 0.05) is 30.2 Å². The molecule has 1 atom stereocenters. The number of hydrazone groups is 1. The van der Waals surface area contributed by atoms with Crippen molar-refractivity contribution in [3.8, 4) is 0 Å². The van der Waals surface area contributed by atoms with Gasteiger partial charge in [0.1, 0.15) is 11.7 Å². The van der Waals surface area contributed by atoms with Gasteiger partial charge in [-0.1, -0.05) is 26.8 Å². The maximum atomic E-state index is 15.1. The Morgan fingerprint density at radius 1 is 1.29 bits per heavy atom. The molecule has 1 fully saturated rings. The first-order valence-electron chi connectivity index (χ1n) is 10.1. The van der Waals surface area contributed by atoms with E-state index in [0.29, 0.717) is 17.4 Å². The number of aryl methyl sites for hydroxylation is 1. The number of nitrogens with two attached hydrogens (primary N) is 1. The molecule has 28 heavy (non-hydrogen) atoms. The van der Waals surface area contributed by atoms with E-state index in [1.807, 2.05) is 26.0 Å². The van der Waals surface area contributed by atoms with E-state index < -0.39 is 0 Å². The number of hydrogen-bond donors (Lipinski definition) is 1. The van der Waals surface area contributed by atoms with Gasteiger partial charge in [-0.05, 0) is 73.3 Å². The van der Waals surface area contributed by atoms with E-state index in [0.717, 1.165) is 47.5 Å². The van der Waals surface area contributed by atoms with Gasteiger partial charge in [0.25, 0.3) is 0 Å². The Kier molecular flexibility index (Phi) is 6.01. The van der Waals surface area contributed by atoms with Crippen LogP contribution in [0.5, 0.6) is 0 Å². The lowest BCUT2D eigenvalue weighted by molar-refractivity contribution is 0.566. The summed E-state index contributed by atoms with van der Waals surface area (Å²) in [5, 5.41) is 6.17. The molecule has 0 aromatic heterocycles. The number of nitrogens with zero attached hydrogens (tertiary/aromatic N) is 3. The van der Waals surface area contributed by atoms with Gasteiger partial charge in [-0.25, -0.2) is 14.4 Å². The maximum absolute atomic E-state index is 15.1. The second-order valence-corrected chi connectivity index (χ2v) is 8.31. The highest BCUT2D eigenvalue weighted by Gasteiger charge is 2.33. The van der Waals surface area contributed by atoms with Gasteiger partial charge >= 0.3 is 0 Å². The molecule has 0 spiro atoms. The molecule has 2 N–H and O–H groups in total. The summed E-state index contributed by atoms with van der Waals surface area (Å²) in [6.07, 6.45) is 9.78. The SMILES string of the molecule is CC1=CC=NN(/C=C\N)C(C(C)c2cc(C)c(F)c(C3CC3)c2CC(C)C)=N1. The third-order valence-electron chi connectivity index (χ3n) is 5.34. The van der Waals surface area contributed by atoms with Crippen LogP contribution in [0.2, 0.25) is 0 Å². The van der Waals surface area contributed by atoms with E-state index >= 15 is 4.39 Å². The van der Waals surface area contributed by atoms with Crippen LogP contribution >= 0.6 is 0 Å². The first-order valence-corrected chi connectivity index (χ1v) is 10.1. The number of aliphatic imine (C=N–C) groups is 1. The fourth-order valence-corrected chi connectivity index (χ4v) is 3.88. The van der Waals surface area contributed by atoms with Crippen LogP contribution in [-0.4, -0.2) is 17.1 Å². The minimum atomic E-state index is -0.0413. The van der Waals surface area contributed by atoms with E-state index in [4.69, 9.17) is 10.7 Å². The monoisotopic (exact) mass is 382 g/mol. The van der Waals surface area contributed by atoms with Crippen LogP contribution in [0.4, 0.5) is 4.39 Å². The molecule has 0 bridgehead atoms. The minimum absolute atomic E-state index is 0.0234. The van der Waals surface area contributed by atoms with Crippen molar-refractivity contribution in [3.05, 3.63) is 58.3 Å². The van der Waals surface area contributed by atoms with Gasteiger partial charge < -0.3 is 5.73 Å². The third-order valence-corrected chi connectivity index (χ3v) is 5.34. The number of allylic oxidation sites excluding steroid dienone is 2. The lowest BCUT2D eigenvalue weighted by atomic mass is 9.83. The lowest BCUT2D eigenvalue weighted by Gasteiger charge is -2.27. The number of halogens is 1. The highest BCUT2D eigenvalue weighted by atomic mass is 19.1. The van der Waals surface area contributed by atoms with Crippen LogP contribution in [0.15, 0.2) is 40.3 Å². The second kappa shape index (κ2) is 8.29. The average molecular weight is 383 g/mol. The molecule has 3 rings (SSSR count).